The molecule has 142 valence electrons. The number of carbonyl (C=O) groups excluding carboxylic acids is 1. The second-order valence-corrected chi connectivity index (χ2v) is 7.11. The zero-order valence-electron chi connectivity index (χ0n) is 15.0. The summed E-state index contributed by atoms with van der Waals surface area (Å²) < 4.78 is 19.8. The lowest BCUT2D eigenvalue weighted by atomic mass is 10.1. The molecule has 2 aromatic heterocycles. The fourth-order valence-electron chi connectivity index (χ4n) is 2.95. The average Bonchev–Trinajstić information content (AvgIpc) is 3.22. The predicted octanol–water partition coefficient (Wildman–Crippen LogP) is 4.08. The monoisotopic (exact) mass is 395 g/mol. The lowest BCUT2D eigenvalue weighted by molar-refractivity contribution is 0.104. The Hall–Kier alpha value is -2.90. The van der Waals surface area contributed by atoms with Crippen LogP contribution < -0.4 is 4.90 Å². The Balaban J connectivity index is 1.46. The second kappa shape index (κ2) is 8.41. The molecule has 0 spiro atoms. The number of carbonyl (C=O) groups is 1. The summed E-state index contributed by atoms with van der Waals surface area (Å²) in [6.45, 7) is 2.45. The Labute approximate surface area is 166 Å². The van der Waals surface area contributed by atoms with Gasteiger partial charge in [0.05, 0.1) is 30.3 Å². The summed E-state index contributed by atoms with van der Waals surface area (Å²) in [5, 5.41) is 2.64. The molecule has 1 fully saturated rings. The van der Waals surface area contributed by atoms with Crippen molar-refractivity contribution in [3.8, 4) is 10.7 Å². The smallest absolute Gasteiger partial charge is 0.186 e. The van der Waals surface area contributed by atoms with Crippen molar-refractivity contribution in [3.63, 3.8) is 0 Å². The Morgan fingerprint density at radius 2 is 2.07 bits per heavy atom. The van der Waals surface area contributed by atoms with Crippen LogP contribution in [0.25, 0.3) is 16.8 Å². The minimum atomic E-state index is -0.396. The van der Waals surface area contributed by atoms with E-state index in [-0.39, 0.29) is 5.78 Å². The maximum absolute atomic E-state index is 14.5. The van der Waals surface area contributed by atoms with Crippen molar-refractivity contribution in [2.24, 2.45) is 0 Å². The summed E-state index contributed by atoms with van der Waals surface area (Å²) in [4.78, 5) is 23.1. The molecule has 0 atom stereocenters. The molecule has 7 heteroatoms. The van der Waals surface area contributed by atoms with Crippen LogP contribution in [0.2, 0.25) is 0 Å². The van der Waals surface area contributed by atoms with Crippen LogP contribution in [0.4, 0.5) is 10.1 Å². The highest BCUT2D eigenvalue weighted by Gasteiger charge is 2.16. The molecule has 4 rings (SSSR count). The number of nitrogens with zero attached hydrogens (tertiary/aromatic N) is 3. The van der Waals surface area contributed by atoms with Crippen molar-refractivity contribution >= 4 is 28.9 Å². The molecule has 1 aromatic carbocycles. The molecule has 0 amide bonds. The number of ketones is 1. The SMILES string of the molecule is O=C(C=Cc1csc(-c2ccccn2)n1)c1ccc(N2CCOCC2)c(F)c1. The maximum Gasteiger partial charge on any atom is 0.186 e. The molecule has 5 nitrogen and oxygen atoms in total. The van der Waals surface area contributed by atoms with Crippen LogP contribution >= 0.6 is 11.3 Å². The maximum atomic E-state index is 14.5. The van der Waals surface area contributed by atoms with Crippen molar-refractivity contribution in [1.82, 2.24) is 9.97 Å². The van der Waals surface area contributed by atoms with Gasteiger partial charge >= 0.3 is 0 Å². The van der Waals surface area contributed by atoms with E-state index < -0.39 is 5.82 Å². The number of hydrogen-bond acceptors (Lipinski definition) is 6. The van der Waals surface area contributed by atoms with E-state index in [2.05, 4.69) is 9.97 Å². The van der Waals surface area contributed by atoms with Gasteiger partial charge in [0.15, 0.2) is 5.78 Å². The first-order valence-corrected chi connectivity index (χ1v) is 9.80. The molecule has 0 N–H and O–H groups in total. The van der Waals surface area contributed by atoms with Crippen LogP contribution in [0.3, 0.4) is 0 Å². The third-order valence-corrected chi connectivity index (χ3v) is 5.28. The molecular formula is C21H18FN3O2S. The van der Waals surface area contributed by atoms with Crippen molar-refractivity contribution in [3.05, 3.63) is 71.1 Å². The Bertz CT molecular complexity index is 998. The normalized spacial score (nSPS) is 14.5. The summed E-state index contributed by atoms with van der Waals surface area (Å²) in [5.41, 5.74) is 2.28. The van der Waals surface area contributed by atoms with Gasteiger partial charge in [0.2, 0.25) is 0 Å². The number of halogens is 1. The first-order chi connectivity index (χ1) is 13.7. The topological polar surface area (TPSA) is 55.3 Å². The number of aromatic nitrogens is 2. The Morgan fingerprint density at radius 3 is 2.82 bits per heavy atom. The molecular weight excluding hydrogens is 377 g/mol. The van der Waals surface area contributed by atoms with Gasteiger partial charge in [-0.05, 0) is 42.5 Å². The number of morpholine rings is 1. The fourth-order valence-corrected chi connectivity index (χ4v) is 3.71. The van der Waals surface area contributed by atoms with Crippen molar-refractivity contribution in [1.29, 1.82) is 0 Å². The number of rotatable bonds is 5. The number of hydrogen-bond donors (Lipinski definition) is 0. The third kappa shape index (κ3) is 4.16. The lowest BCUT2D eigenvalue weighted by Crippen LogP contribution is -2.36. The number of anilines is 1. The molecule has 1 aliphatic rings. The molecule has 0 bridgehead atoms. The van der Waals surface area contributed by atoms with Gasteiger partial charge in [0.25, 0.3) is 0 Å². The number of benzene rings is 1. The van der Waals surface area contributed by atoms with Crippen molar-refractivity contribution in [2.45, 2.75) is 0 Å². The third-order valence-electron chi connectivity index (χ3n) is 4.40. The fraction of sp³-hybridized carbons (Fsp3) is 0.190. The predicted molar refractivity (Wildman–Crippen MR) is 108 cm³/mol. The van der Waals surface area contributed by atoms with Gasteiger partial charge in [-0.2, -0.15) is 0 Å². The molecule has 0 aliphatic carbocycles. The van der Waals surface area contributed by atoms with Gasteiger partial charge in [0.1, 0.15) is 10.8 Å². The second-order valence-electron chi connectivity index (χ2n) is 6.26. The van der Waals surface area contributed by atoms with E-state index in [4.69, 9.17) is 4.74 Å². The highest BCUT2D eigenvalue weighted by molar-refractivity contribution is 7.13. The summed E-state index contributed by atoms with van der Waals surface area (Å²) in [6.07, 6.45) is 4.77. The number of allylic oxidation sites excluding steroid dienone is 1. The van der Waals surface area contributed by atoms with Gasteiger partial charge < -0.3 is 9.64 Å². The number of thiazole rings is 1. The molecule has 0 unspecified atom stereocenters. The van der Waals surface area contributed by atoms with E-state index in [0.717, 1.165) is 10.7 Å². The number of ether oxygens (including phenoxy) is 1. The molecule has 0 radical (unpaired) electrons. The molecule has 28 heavy (non-hydrogen) atoms. The van der Waals surface area contributed by atoms with Crippen LogP contribution in [0.5, 0.6) is 0 Å². The first kappa shape index (κ1) is 18.5. The summed E-state index contributed by atoms with van der Waals surface area (Å²) in [5.74, 6) is -0.660. The zero-order chi connectivity index (χ0) is 19.3. The van der Waals surface area contributed by atoms with Gasteiger partial charge in [-0.25, -0.2) is 9.37 Å². The van der Waals surface area contributed by atoms with E-state index >= 15 is 0 Å². The molecule has 1 saturated heterocycles. The largest absolute Gasteiger partial charge is 0.378 e. The van der Waals surface area contributed by atoms with Crippen LogP contribution in [-0.2, 0) is 4.74 Å². The summed E-state index contributed by atoms with van der Waals surface area (Å²) in [7, 11) is 0. The number of pyridine rings is 1. The van der Waals surface area contributed by atoms with Gasteiger partial charge in [-0.1, -0.05) is 6.07 Å². The van der Waals surface area contributed by atoms with Crippen LogP contribution in [-0.4, -0.2) is 42.1 Å². The Kier molecular flexibility index (Phi) is 5.55. The van der Waals surface area contributed by atoms with E-state index in [0.29, 0.717) is 43.2 Å². The quantitative estimate of drug-likeness (QED) is 0.481. The van der Waals surface area contributed by atoms with E-state index in [1.54, 1.807) is 24.4 Å². The van der Waals surface area contributed by atoms with E-state index in [1.165, 1.54) is 23.5 Å². The van der Waals surface area contributed by atoms with E-state index in [9.17, 15) is 9.18 Å². The molecule has 0 saturated carbocycles. The van der Waals surface area contributed by atoms with Gasteiger partial charge in [0, 0.05) is 30.2 Å². The molecule has 1 aliphatic heterocycles. The highest BCUT2D eigenvalue weighted by atomic mass is 32.1. The zero-order valence-corrected chi connectivity index (χ0v) is 15.9. The van der Waals surface area contributed by atoms with Crippen molar-refractivity contribution < 1.29 is 13.9 Å². The molecule has 3 heterocycles. The first-order valence-electron chi connectivity index (χ1n) is 8.92. The molecule has 3 aromatic rings. The van der Waals surface area contributed by atoms with Crippen molar-refractivity contribution in [2.75, 3.05) is 31.2 Å². The van der Waals surface area contributed by atoms with Crippen LogP contribution in [0, 0.1) is 5.82 Å². The summed E-state index contributed by atoms with van der Waals surface area (Å²) in [6, 6.07) is 10.2. The van der Waals surface area contributed by atoms with Gasteiger partial charge in [-0.3, -0.25) is 9.78 Å². The standard InChI is InChI=1S/C21H18FN3O2S/c22-17-13-15(4-6-19(17)25-9-11-27-12-10-25)20(26)7-5-16-14-28-21(24-16)18-3-1-2-8-23-18/h1-8,13-14H,9-12H2. The van der Waals surface area contributed by atoms with Crippen LogP contribution in [0.15, 0.2) is 54.1 Å². The van der Waals surface area contributed by atoms with E-state index in [1.807, 2.05) is 28.5 Å². The minimum Gasteiger partial charge on any atom is -0.378 e. The highest BCUT2D eigenvalue weighted by Crippen LogP contribution is 2.23. The average molecular weight is 395 g/mol. The summed E-state index contributed by atoms with van der Waals surface area (Å²) >= 11 is 1.46. The Morgan fingerprint density at radius 1 is 1.21 bits per heavy atom. The minimum absolute atomic E-state index is 0.264. The van der Waals surface area contributed by atoms with Crippen LogP contribution in [0.1, 0.15) is 16.1 Å². The van der Waals surface area contributed by atoms with Gasteiger partial charge in [-0.15, -0.1) is 11.3 Å². The lowest BCUT2D eigenvalue weighted by Gasteiger charge is -2.29.